The Morgan fingerprint density at radius 2 is 2.32 bits per heavy atom. The van der Waals surface area contributed by atoms with Crippen LogP contribution < -0.4 is 11.1 Å². The lowest BCUT2D eigenvalue weighted by molar-refractivity contribution is -0.118. The molecule has 1 amide bonds. The van der Waals surface area contributed by atoms with Gasteiger partial charge in [-0.3, -0.25) is 4.79 Å². The number of nitrogens with one attached hydrogen (secondary N) is 1. The van der Waals surface area contributed by atoms with Gasteiger partial charge in [-0.05, 0) is 18.9 Å². The summed E-state index contributed by atoms with van der Waals surface area (Å²) in [6.45, 7) is 0. The number of nitrogens with two attached hydrogens (primary N) is 1. The topological polar surface area (TPSA) is 105 Å². The van der Waals surface area contributed by atoms with E-state index in [1.165, 1.54) is 6.08 Å². The first-order chi connectivity index (χ1) is 10.4. The smallest absolute Gasteiger partial charge is 0.268 e. The molecule has 1 aliphatic carbocycles. The quantitative estimate of drug-likeness (QED) is 0.842. The second-order valence-corrected chi connectivity index (χ2v) is 5.44. The van der Waals surface area contributed by atoms with Gasteiger partial charge in [0.25, 0.3) is 5.91 Å². The molecule has 1 aromatic carbocycles. The van der Waals surface area contributed by atoms with Gasteiger partial charge in [0.05, 0.1) is 11.1 Å². The number of benzene rings is 1. The van der Waals surface area contributed by atoms with E-state index in [-0.39, 0.29) is 27.7 Å². The van der Waals surface area contributed by atoms with Crippen LogP contribution in [-0.4, -0.2) is 16.4 Å². The van der Waals surface area contributed by atoms with Gasteiger partial charge in [-0.25, -0.2) is 9.37 Å². The fraction of sp³-hybridized carbons (Fsp3) is 0.214. The Balaban J connectivity index is 1.86. The van der Waals surface area contributed by atoms with Crippen LogP contribution >= 0.6 is 11.6 Å². The van der Waals surface area contributed by atoms with Crippen LogP contribution in [0.4, 0.5) is 4.39 Å². The largest absolute Gasteiger partial charge is 0.435 e. The van der Waals surface area contributed by atoms with Gasteiger partial charge in [-0.2, -0.15) is 5.26 Å². The van der Waals surface area contributed by atoms with Crippen LogP contribution in [-0.2, 0) is 4.79 Å². The number of hydrogen-bond donors (Lipinski definition) is 2. The first-order valence-corrected chi connectivity index (χ1v) is 6.77. The molecular formula is C14H10ClFN4O2. The molecule has 1 fully saturated rings. The lowest BCUT2D eigenvalue weighted by Gasteiger charge is -2.08. The normalized spacial score (nSPS) is 16.3. The molecule has 1 aliphatic rings. The van der Waals surface area contributed by atoms with Crippen LogP contribution in [0.1, 0.15) is 18.7 Å². The maximum absolute atomic E-state index is 13.2. The minimum absolute atomic E-state index is 0.0250. The van der Waals surface area contributed by atoms with Crippen molar-refractivity contribution in [3.05, 3.63) is 34.6 Å². The molecule has 112 valence electrons. The minimum Gasteiger partial charge on any atom is -0.435 e. The number of hydrogen-bond acceptors (Lipinski definition) is 5. The third-order valence-electron chi connectivity index (χ3n) is 3.28. The second kappa shape index (κ2) is 5.00. The minimum atomic E-state index is -0.816. The van der Waals surface area contributed by atoms with Crippen molar-refractivity contribution in [3.8, 4) is 6.07 Å². The molecule has 2 aromatic rings. The molecule has 0 radical (unpaired) electrons. The van der Waals surface area contributed by atoms with E-state index >= 15 is 0 Å². The number of nitriles is 1. The molecule has 0 saturated heterocycles. The number of nitrogens with zero attached hydrogens (tertiary/aromatic N) is 2. The van der Waals surface area contributed by atoms with Gasteiger partial charge in [-0.1, -0.05) is 11.6 Å². The predicted molar refractivity (Wildman–Crippen MR) is 76.9 cm³/mol. The number of carbonyl (C=O) groups excluding carboxylic acids is 1. The van der Waals surface area contributed by atoms with Gasteiger partial charge < -0.3 is 15.5 Å². The first-order valence-electron chi connectivity index (χ1n) is 6.39. The number of aromatic nitrogens is 1. The monoisotopic (exact) mass is 320 g/mol. The van der Waals surface area contributed by atoms with E-state index in [4.69, 9.17) is 27.0 Å². The van der Waals surface area contributed by atoms with Crippen molar-refractivity contribution in [3.63, 3.8) is 0 Å². The van der Waals surface area contributed by atoms with Crippen LogP contribution in [0.3, 0.4) is 0 Å². The summed E-state index contributed by atoms with van der Waals surface area (Å²) in [6.07, 6.45) is 2.40. The number of oxazole rings is 1. The van der Waals surface area contributed by atoms with E-state index in [2.05, 4.69) is 10.3 Å². The van der Waals surface area contributed by atoms with Gasteiger partial charge in [0.1, 0.15) is 22.6 Å². The average molecular weight is 321 g/mol. The Morgan fingerprint density at radius 1 is 1.59 bits per heavy atom. The Labute approximate surface area is 129 Å². The van der Waals surface area contributed by atoms with E-state index in [0.717, 1.165) is 12.1 Å². The predicted octanol–water partition coefficient (Wildman–Crippen LogP) is 2.09. The van der Waals surface area contributed by atoms with Crippen LogP contribution in [0.25, 0.3) is 17.2 Å². The van der Waals surface area contributed by atoms with Crippen LogP contribution in [0.15, 0.2) is 22.2 Å². The molecule has 22 heavy (non-hydrogen) atoms. The van der Waals surface area contributed by atoms with E-state index < -0.39 is 17.3 Å². The van der Waals surface area contributed by atoms with Gasteiger partial charge in [0.15, 0.2) is 5.58 Å². The molecule has 0 unspecified atom stereocenters. The number of amides is 1. The highest BCUT2D eigenvalue weighted by atomic mass is 35.5. The standard InChI is InChI=1S/C14H10ClFN4O2/c15-8-3-7(16)4-10-12(8)22-11(19-10)5-9(18)13(21)20-14(6-17)1-2-14/h3-5H,1-2,18H2,(H,20,21). The molecule has 8 heteroatoms. The summed E-state index contributed by atoms with van der Waals surface area (Å²) in [5, 5.41) is 11.5. The molecule has 1 heterocycles. The molecule has 3 N–H and O–H groups in total. The van der Waals surface area contributed by atoms with Gasteiger partial charge in [-0.15, -0.1) is 0 Å². The summed E-state index contributed by atoms with van der Waals surface area (Å²) in [5.41, 5.74) is 5.11. The summed E-state index contributed by atoms with van der Waals surface area (Å²) in [4.78, 5) is 15.9. The van der Waals surface area contributed by atoms with Crippen molar-refractivity contribution in [2.24, 2.45) is 5.73 Å². The third-order valence-corrected chi connectivity index (χ3v) is 3.56. The molecular weight excluding hydrogens is 311 g/mol. The molecule has 1 saturated carbocycles. The second-order valence-electron chi connectivity index (χ2n) is 5.04. The highest BCUT2D eigenvalue weighted by molar-refractivity contribution is 6.34. The number of carbonyl (C=O) groups is 1. The first kappa shape index (κ1) is 14.4. The number of halogens is 2. The van der Waals surface area contributed by atoms with Crippen LogP contribution in [0.2, 0.25) is 5.02 Å². The summed E-state index contributed by atoms with van der Waals surface area (Å²) in [5.74, 6) is -1.10. The zero-order valence-electron chi connectivity index (χ0n) is 11.2. The average Bonchev–Trinajstić information content (AvgIpc) is 3.11. The Morgan fingerprint density at radius 3 is 2.95 bits per heavy atom. The molecule has 3 rings (SSSR count). The van der Waals surface area contributed by atoms with E-state index in [1.54, 1.807) is 0 Å². The summed E-state index contributed by atoms with van der Waals surface area (Å²) in [7, 11) is 0. The highest BCUT2D eigenvalue weighted by Crippen LogP contribution is 2.34. The molecule has 1 aromatic heterocycles. The maximum Gasteiger partial charge on any atom is 0.268 e. The Hall–Kier alpha value is -2.59. The zero-order valence-corrected chi connectivity index (χ0v) is 11.9. The van der Waals surface area contributed by atoms with E-state index in [1.807, 2.05) is 6.07 Å². The molecule has 0 aliphatic heterocycles. The van der Waals surface area contributed by atoms with Crippen molar-refractivity contribution in [1.82, 2.24) is 10.3 Å². The molecule has 0 spiro atoms. The van der Waals surface area contributed by atoms with Crippen LogP contribution in [0, 0.1) is 17.1 Å². The summed E-state index contributed by atoms with van der Waals surface area (Å²) >= 11 is 5.85. The van der Waals surface area contributed by atoms with Gasteiger partial charge in [0.2, 0.25) is 5.89 Å². The fourth-order valence-corrected chi connectivity index (χ4v) is 2.16. The highest BCUT2D eigenvalue weighted by Gasteiger charge is 2.44. The third kappa shape index (κ3) is 2.61. The Bertz CT molecular complexity index is 848. The lowest BCUT2D eigenvalue weighted by Crippen LogP contribution is -2.38. The van der Waals surface area contributed by atoms with Crippen molar-refractivity contribution in [2.45, 2.75) is 18.4 Å². The summed E-state index contributed by atoms with van der Waals surface area (Å²) in [6, 6.07) is 4.28. The Kier molecular flexibility index (Phi) is 3.26. The summed E-state index contributed by atoms with van der Waals surface area (Å²) < 4.78 is 18.6. The van der Waals surface area contributed by atoms with Crippen molar-refractivity contribution < 1.29 is 13.6 Å². The molecule has 6 nitrogen and oxygen atoms in total. The van der Waals surface area contributed by atoms with Crippen molar-refractivity contribution in [2.75, 3.05) is 0 Å². The maximum atomic E-state index is 13.2. The SMILES string of the molecule is N#CC1(NC(=O)C(N)=Cc2nc3cc(F)cc(Cl)c3o2)CC1. The van der Waals surface area contributed by atoms with Gasteiger partial charge >= 0.3 is 0 Å². The molecule has 0 bridgehead atoms. The number of fused-ring (bicyclic) bond motifs is 1. The van der Waals surface area contributed by atoms with Crippen molar-refractivity contribution in [1.29, 1.82) is 5.26 Å². The zero-order chi connectivity index (χ0) is 15.9. The lowest BCUT2D eigenvalue weighted by atomic mass is 10.3. The van der Waals surface area contributed by atoms with Gasteiger partial charge in [0, 0.05) is 12.1 Å². The van der Waals surface area contributed by atoms with E-state index in [9.17, 15) is 9.18 Å². The number of rotatable bonds is 3. The van der Waals surface area contributed by atoms with E-state index in [0.29, 0.717) is 12.8 Å². The van der Waals surface area contributed by atoms with Crippen molar-refractivity contribution >= 4 is 34.7 Å². The molecule has 0 atom stereocenters. The fourth-order valence-electron chi connectivity index (χ4n) is 1.92. The van der Waals surface area contributed by atoms with Crippen LogP contribution in [0.5, 0.6) is 0 Å².